The summed E-state index contributed by atoms with van der Waals surface area (Å²) in [5.74, 6) is 0.478. The number of aldehydes is 1. The summed E-state index contributed by atoms with van der Waals surface area (Å²) in [4.78, 5) is 11.2. The SMILES string of the molecule is O=Cc1ccc(OCC(O)CO)cc1C1CCCCC1O. The van der Waals surface area contributed by atoms with Crippen LogP contribution in [0.3, 0.4) is 0 Å². The van der Waals surface area contributed by atoms with E-state index < -0.39 is 12.2 Å². The maximum atomic E-state index is 11.2. The fourth-order valence-electron chi connectivity index (χ4n) is 2.79. The van der Waals surface area contributed by atoms with Crippen LogP contribution in [0.25, 0.3) is 0 Å². The largest absolute Gasteiger partial charge is 0.491 e. The van der Waals surface area contributed by atoms with Crippen LogP contribution in [0.2, 0.25) is 0 Å². The zero-order valence-corrected chi connectivity index (χ0v) is 11.9. The minimum Gasteiger partial charge on any atom is -0.491 e. The van der Waals surface area contributed by atoms with E-state index in [1.54, 1.807) is 18.2 Å². The van der Waals surface area contributed by atoms with Crippen molar-refractivity contribution in [3.05, 3.63) is 29.3 Å². The summed E-state index contributed by atoms with van der Waals surface area (Å²) >= 11 is 0. The second-order valence-electron chi connectivity index (χ2n) is 5.51. The van der Waals surface area contributed by atoms with Gasteiger partial charge in [0.2, 0.25) is 0 Å². The van der Waals surface area contributed by atoms with Crippen molar-refractivity contribution in [2.45, 2.75) is 43.8 Å². The highest BCUT2D eigenvalue weighted by molar-refractivity contribution is 5.78. The lowest BCUT2D eigenvalue weighted by atomic mass is 9.80. The van der Waals surface area contributed by atoms with E-state index >= 15 is 0 Å². The summed E-state index contributed by atoms with van der Waals surface area (Å²) in [5.41, 5.74) is 1.36. The van der Waals surface area contributed by atoms with Gasteiger partial charge in [-0.1, -0.05) is 12.8 Å². The highest BCUT2D eigenvalue weighted by atomic mass is 16.5. The van der Waals surface area contributed by atoms with Gasteiger partial charge in [0.1, 0.15) is 24.7 Å². The third-order valence-corrected chi connectivity index (χ3v) is 3.97. The smallest absolute Gasteiger partial charge is 0.150 e. The van der Waals surface area contributed by atoms with Gasteiger partial charge in [-0.05, 0) is 36.6 Å². The van der Waals surface area contributed by atoms with E-state index in [1.807, 2.05) is 0 Å². The van der Waals surface area contributed by atoms with Gasteiger partial charge in [0, 0.05) is 11.5 Å². The quantitative estimate of drug-likeness (QED) is 0.687. The van der Waals surface area contributed by atoms with E-state index in [0.717, 1.165) is 37.5 Å². The molecule has 3 unspecified atom stereocenters. The van der Waals surface area contributed by atoms with Crippen molar-refractivity contribution in [2.24, 2.45) is 0 Å². The molecular formula is C16H22O5. The topological polar surface area (TPSA) is 87.0 Å². The Morgan fingerprint density at radius 3 is 2.76 bits per heavy atom. The summed E-state index contributed by atoms with van der Waals surface area (Å²) in [6, 6.07) is 5.09. The normalized spacial score (nSPS) is 23.6. The number of aliphatic hydroxyl groups is 3. The van der Waals surface area contributed by atoms with Gasteiger partial charge < -0.3 is 20.1 Å². The minimum absolute atomic E-state index is 0.0103. The molecule has 3 N–H and O–H groups in total. The van der Waals surface area contributed by atoms with Gasteiger partial charge in [0.05, 0.1) is 12.7 Å². The van der Waals surface area contributed by atoms with Crippen molar-refractivity contribution >= 4 is 6.29 Å². The molecule has 1 aliphatic rings. The predicted octanol–water partition coefficient (Wildman–Crippen LogP) is 1.25. The van der Waals surface area contributed by atoms with Crippen LogP contribution in [0, 0.1) is 0 Å². The Morgan fingerprint density at radius 1 is 1.33 bits per heavy atom. The highest BCUT2D eigenvalue weighted by Crippen LogP contribution is 2.36. The van der Waals surface area contributed by atoms with Gasteiger partial charge >= 0.3 is 0 Å². The Labute approximate surface area is 124 Å². The molecule has 5 nitrogen and oxygen atoms in total. The molecule has 2 rings (SSSR count). The number of carbonyl (C=O) groups is 1. The van der Waals surface area contributed by atoms with Crippen molar-refractivity contribution in [1.29, 1.82) is 0 Å². The van der Waals surface area contributed by atoms with Crippen LogP contribution in [0.15, 0.2) is 18.2 Å². The molecule has 0 spiro atoms. The summed E-state index contributed by atoms with van der Waals surface area (Å²) < 4.78 is 5.42. The first-order valence-corrected chi connectivity index (χ1v) is 7.34. The number of hydrogen-bond acceptors (Lipinski definition) is 5. The van der Waals surface area contributed by atoms with Crippen molar-refractivity contribution < 1.29 is 24.9 Å². The fourth-order valence-corrected chi connectivity index (χ4v) is 2.79. The van der Waals surface area contributed by atoms with Gasteiger partial charge in [0.15, 0.2) is 0 Å². The number of rotatable bonds is 6. The molecule has 1 fully saturated rings. The van der Waals surface area contributed by atoms with Crippen LogP contribution in [0.1, 0.15) is 47.5 Å². The summed E-state index contributed by atoms with van der Waals surface area (Å²) in [6.45, 7) is -0.371. The van der Waals surface area contributed by atoms with Crippen molar-refractivity contribution in [2.75, 3.05) is 13.2 Å². The van der Waals surface area contributed by atoms with Crippen LogP contribution in [-0.2, 0) is 0 Å². The first kappa shape index (κ1) is 15.9. The summed E-state index contributed by atoms with van der Waals surface area (Å²) in [7, 11) is 0. The molecule has 21 heavy (non-hydrogen) atoms. The Bertz CT molecular complexity index is 474. The molecule has 3 atom stereocenters. The zero-order chi connectivity index (χ0) is 15.2. The van der Waals surface area contributed by atoms with Gasteiger partial charge in [-0.15, -0.1) is 0 Å². The number of hydrogen-bond donors (Lipinski definition) is 3. The fraction of sp³-hybridized carbons (Fsp3) is 0.562. The van der Waals surface area contributed by atoms with Crippen LogP contribution >= 0.6 is 0 Å². The van der Waals surface area contributed by atoms with E-state index in [4.69, 9.17) is 9.84 Å². The molecule has 1 aliphatic carbocycles. The summed E-state index contributed by atoms with van der Waals surface area (Å²) in [5, 5.41) is 28.2. The average Bonchev–Trinajstić information content (AvgIpc) is 2.52. The van der Waals surface area contributed by atoms with E-state index in [-0.39, 0.29) is 19.1 Å². The second kappa shape index (κ2) is 7.54. The zero-order valence-electron chi connectivity index (χ0n) is 11.9. The van der Waals surface area contributed by atoms with Crippen LogP contribution < -0.4 is 4.74 Å². The molecule has 1 aromatic carbocycles. The monoisotopic (exact) mass is 294 g/mol. The Kier molecular flexibility index (Phi) is 5.73. The Morgan fingerprint density at radius 2 is 2.10 bits per heavy atom. The van der Waals surface area contributed by atoms with Crippen LogP contribution in [0.5, 0.6) is 5.75 Å². The van der Waals surface area contributed by atoms with E-state index in [2.05, 4.69) is 0 Å². The van der Waals surface area contributed by atoms with E-state index in [9.17, 15) is 15.0 Å². The Balaban J connectivity index is 2.19. The van der Waals surface area contributed by atoms with E-state index in [0.29, 0.717) is 11.3 Å². The van der Waals surface area contributed by atoms with Gasteiger partial charge in [-0.25, -0.2) is 0 Å². The first-order valence-electron chi connectivity index (χ1n) is 7.34. The molecule has 116 valence electrons. The third-order valence-electron chi connectivity index (χ3n) is 3.97. The van der Waals surface area contributed by atoms with E-state index in [1.165, 1.54) is 0 Å². The summed E-state index contributed by atoms with van der Waals surface area (Å²) in [6.07, 6.45) is 3.07. The number of benzene rings is 1. The molecule has 1 saturated carbocycles. The molecule has 0 heterocycles. The lowest BCUT2D eigenvalue weighted by Gasteiger charge is -2.29. The molecule has 0 bridgehead atoms. The predicted molar refractivity (Wildman–Crippen MR) is 77.6 cm³/mol. The number of carbonyl (C=O) groups excluding carboxylic acids is 1. The molecule has 1 aromatic rings. The Hall–Kier alpha value is -1.43. The van der Waals surface area contributed by atoms with Crippen LogP contribution in [-0.4, -0.2) is 47.0 Å². The minimum atomic E-state index is -0.931. The maximum absolute atomic E-state index is 11.2. The lowest BCUT2D eigenvalue weighted by Crippen LogP contribution is -2.24. The molecule has 0 saturated heterocycles. The van der Waals surface area contributed by atoms with Crippen molar-refractivity contribution in [3.63, 3.8) is 0 Å². The number of ether oxygens (including phenoxy) is 1. The van der Waals surface area contributed by atoms with Gasteiger partial charge in [-0.2, -0.15) is 0 Å². The molecule has 0 amide bonds. The van der Waals surface area contributed by atoms with Gasteiger partial charge in [0.25, 0.3) is 0 Å². The van der Waals surface area contributed by atoms with Gasteiger partial charge in [-0.3, -0.25) is 4.79 Å². The molecule has 0 radical (unpaired) electrons. The lowest BCUT2D eigenvalue weighted by molar-refractivity contribution is 0.0535. The van der Waals surface area contributed by atoms with Crippen molar-refractivity contribution in [3.8, 4) is 5.75 Å². The standard InChI is InChI=1S/C16H22O5/c17-8-11-5-6-13(21-10-12(19)9-18)7-15(11)14-3-1-2-4-16(14)20/h5-8,12,14,16,18-20H,1-4,9-10H2. The first-order chi connectivity index (χ1) is 10.2. The molecule has 0 aromatic heterocycles. The van der Waals surface area contributed by atoms with Crippen LogP contribution in [0.4, 0.5) is 0 Å². The number of aliphatic hydroxyl groups excluding tert-OH is 3. The molecular weight excluding hydrogens is 272 g/mol. The molecule has 0 aliphatic heterocycles. The van der Waals surface area contributed by atoms with Crippen molar-refractivity contribution in [1.82, 2.24) is 0 Å². The average molecular weight is 294 g/mol. The molecule has 5 heteroatoms. The maximum Gasteiger partial charge on any atom is 0.150 e. The third kappa shape index (κ3) is 4.03. The highest BCUT2D eigenvalue weighted by Gasteiger charge is 2.26. The second-order valence-corrected chi connectivity index (χ2v) is 5.51.